The van der Waals surface area contributed by atoms with Gasteiger partial charge in [-0.25, -0.2) is 4.79 Å². The highest BCUT2D eigenvalue weighted by Crippen LogP contribution is 2.37. The number of hydrogen-bond acceptors (Lipinski definition) is 9. The molecule has 2 bridgehead atoms. The lowest BCUT2D eigenvalue weighted by atomic mass is 10.1. The van der Waals surface area contributed by atoms with E-state index in [-0.39, 0.29) is 12.5 Å². The molecule has 0 saturated carbocycles. The van der Waals surface area contributed by atoms with Crippen LogP contribution in [0.2, 0.25) is 0 Å². The second-order valence-corrected chi connectivity index (χ2v) is 7.11. The summed E-state index contributed by atoms with van der Waals surface area (Å²) in [6.07, 6.45) is 2.91. The zero-order chi connectivity index (χ0) is 22.3. The maximum absolute atomic E-state index is 11.9. The monoisotopic (exact) mass is 448 g/mol. The maximum Gasteiger partial charge on any atom is 0.418 e. The number of nitrogens with zero attached hydrogens (tertiary/aromatic N) is 5. The van der Waals surface area contributed by atoms with Crippen LogP contribution in [0.3, 0.4) is 0 Å². The summed E-state index contributed by atoms with van der Waals surface area (Å²) in [5.74, 6) is -0.211. The van der Waals surface area contributed by atoms with Gasteiger partial charge in [0, 0.05) is 32.7 Å². The van der Waals surface area contributed by atoms with Crippen LogP contribution in [0.1, 0.15) is 17.3 Å². The molecule has 1 fully saturated rings. The number of amides is 3. The number of aromatic nitrogens is 2. The van der Waals surface area contributed by atoms with Gasteiger partial charge < -0.3 is 16.0 Å². The Morgan fingerprint density at radius 1 is 1.53 bits per heavy atom. The molecule has 1 saturated heterocycles. The first-order chi connectivity index (χ1) is 14.2. The van der Waals surface area contributed by atoms with E-state index >= 15 is 0 Å². The number of nitrogens with two attached hydrogens (primary N) is 1. The molecule has 3 rings (SSSR count). The minimum atomic E-state index is -4.72. The average Bonchev–Trinajstić information content (AvgIpc) is 3.17. The third kappa shape index (κ3) is 6.10. The second-order valence-electron chi connectivity index (χ2n) is 6.11. The van der Waals surface area contributed by atoms with E-state index in [0.29, 0.717) is 31.2 Å². The number of fused-ring (bicyclic) bond motifs is 4. The summed E-state index contributed by atoms with van der Waals surface area (Å²) in [5.41, 5.74) is 9.07. The molecule has 0 aromatic carbocycles. The minimum absolute atomic E-state index is 0.0496. The van der Waals surface area contributed by atoms with Crippen molar-refractivity contribution in [2.45, 2.75) is 12.6 Å². The van der Waals surface area contributed by atoms with Crippen LogP contribution >= 0.6 is 0 Å². The number of carbonyl (C=O) groups is 2. The Balaban J connectivity index is 0.000000235. The molecule has 2 aliphatic rings. The standard InChI is InChI=1S/C8H10N4O5S.C6H14N4O2/c1-10-6-3-11-4-7(5(6)2-9-10)12(8(11)13)17-18(14,15)16;1-8-5-10-12-4-6(11)9-3-2-7/h2,7H,3-4H2,1H3,(H,14,15,16);5H,2-4,7H2,1H3,(H,8,10)(H,9,11). The van der Waals surface area contributed by atoms with Gasteiger partial charge in [-0.3, -0.25) is 29.3 Å². The molecule has 0 radical (unpaired) electrons. The van der Waals surface area contributed by atoms with Crippen LogP contribution < -0.4 is 16.5 Å². The van der Waals surface area contributed by atoms with Gasteiger partial charge in [-0.1, -0.05) is 0 Å². The van der Waals surface area contributed by atoms with Crippen LogP contribution in [-0.2, 0) is 37.9 Å². The predicted molar refractivity (Wildman–Crippen MR) is 102 cm³/mol. The summed E-state index contributed by atoms with van der Waals surface area (Å²) in [5, 5.41) is 7.26. The molecule has 1 atom stereocenters. The predicted octanol–water partition coefficient (Wildman–Crippen LogP) is -2.31. The smallest absolute Gasteiger partial charge is 0.353 e. The first kappa shape index (κ1) is 23.5. The Kier molecular flexibility index (Phi) is 8.07. The lowest BCUT2D eigenvalue weighted by Gasteiger charge is -2.21. The third-order valence-corrected chi connectivity index (χ3v) is 4.39. The highest BCUT2D eigenvalue weighted by atomic mass is 32.3. The molecule has 0 aliphatic carbocycles. The number of hydrogen-bond donors (Lipinski definition) is 4. The van der Waals surface area contributed by atoms with E-state index in [9.17, 15) is 18.0 Å². The molecule has 3 amide bonds. The van der Waals surface area contributed by atoms with E-state index in [1.807, 2.05) is 0 Å². The summed E-state index contributed by atoms with van der Waals surface area (Å²) < 4.78 is 36.1. The molecule has 16 heteroatoms. The number of nitrogens with one attached hydrogen (secondary N) is 2. The average molecular weight is 448 g/mol. The van der Waals surface area contributed by atoms with Crippen molar-refractivity contribution in [1.29, 1.82) is 0 Å². The molecule has 5 N–H and O–H groups in total. The Morgan fingerprint density at radius 2 is 2.27 bits per heavy atom. The zero-order valence-electron chi connectivity index (χ0n) is 16.4. The van der Waals surface area contributed by atoms with Crippen molar-refractivity contribution in [3.05, 3.63) is 17.5 Å². The highest BCUT2D eigenvalue weighted by molar-refractivity contribution is 7.80. The first-order valence-corrected chi connectivity index (χ1v) is 10.0. The lowest BCUT2D eigenvalue weighted by Crippen LogP contribution is -2.33. The minimum Gasteiger partial charge on any atom is -0.353 e. The fourth-order valence-electron chi connectivity index (χ4n) is 2.77. The Labute approximate surface area is 172 Å². The van der Waals surface area contributed by atoms with Crippen LogP contribution in [0.4, 0.5) is 4.79 Å². The van der Waals surface area contributed by atoms with Gasteiger partial charge in [-0.15, -0.1) is 4.28 Å². The number of aliphatic imine (C=N–C) groups is 1. The van der Waals surface area contributed by atoms with Crippen molar-refractivity contribution in [2.24, 2.45) is 17.8 Å². The molecule has 0 spiro atoms. The van der Waals surface area contributed by atoms with Gasteiger partial charge in [-0.05, 0) is 0 Å². The van der Waals surface area contributed by atoms with Crippen molar-refractivity contribution in [3.63, 3.8) is 0 Å². The van der Waals surface area contributed by atoms with E-state index in [1.54, 1.807) is 25.0 Å². The molecular formula is C14H24N8O7S. The fourth-order valence-corrected chi connectivity index (χ4v) is 3.14. The summed E-state index contributed by atoms with van der Waals surface area (Å²) in [7, 11) is -1.40. The van der Waals surface area contributed by atoms with Crippen LogP contribution in [0.5, 0.6) is 0 Å². The van der Waals surface area contributed by atoms with Crippen molar-refractivity contribution >= 4 is 28.7 Å². The highest BCUT2D eigenvalue weighted by Gasteiger charge is 2.47. The molecule has 3 heterocycles. The van der Waals surface area contributed by atoms with Crippen LogP contribution in [0.15, 0.2) is 11.2 Å². The zero-order valence-corrected chi connectivity index (χ0v) is 17.2. The summed E-state index contributed by atoms with van der Waals surface area (Å²) in [6.45, 7) is 1.49. The molecule has 1 aromatic heterocycles. The van der Waals surface area contributed by atoms with E-state index in [0.717, 1.165) is 11.3 Å². The number of urea groups is 1. The Morgan fingerprint density at radius 3 is 2.90 bits per heavy atom. The van der Waals surface area contributed by atoms with Crippen molar-refractivity contribution in [2.75, 3.05) is 33.3 Å². The van der Waals surface area contributed by atoms with Crippen LogP contribution in [0.25, 0.3) is 0 Å². The molecule has 30 heavy (non-hydrogen) atoms. The summed E-state index contributed by atoms with van der Waals surface area (Å²) in [6, 6.07) is -1.16. The number of rotatable bonds is 8. The molecule has 1 unspecified atom stereocenters. The van der Waals surface area contributed by atoms with Crippen LogP contribution in [-0.4, -0.2) is 84.3 Å². The van der Waals surface area contributed by atoms with Gasteiger partial charge in [0.05, 0.1) is 25.0 Å². The SMILES string of the molecule is CN=CNOCC(=O)NCCN.Cn1ncc2c1CN1CC2N(OS(=O)(=O)O)C1=O. The van der Waals surface area contributed by atoms with Crippen molar-refractivity contribution in [1.82, 2.24) is 30.5 Å². The van der Waals surface area contributed by atoms with Gasteiger partial charge in [0.2, 0.25) is 5.91 Å². The van der Waals surface area contributed by atoms with Gasteiger partial charge in [0.1, 0.15) is 12.4 Å². The van der Waals surface area contributed by atoms with Gasteiger partial charge in [0.25, 0.3) is 0 Å². The molecular weight excluding hydrogens is 424 g/mol. The van der Waals surface area contributed by atoms with Gasteiger partial charge in [-0.2, -0.15) is 18.6 Å². The molecule has 1 aromatic rings. The molecule has 168 valence electrons. The largest absolute Gasteiger partial charge is 0.418 e. The first-order valence-electron chi connectivity index (χ1n) is 8.68. The van der Waals surface area contributed by atoms with E-state index in [4.69, 9.17) is 10.3 Å². The summed E-state index contributed by atoms with van der Waals surface area (Å²) in [4.78, 5) is 32.3. The van der Waals surface area contributed by atoms with Gasteiger partial charge >= 0.3 is 16.4 Å². The van der Waals surface area contributed by atoms with E-state index in [1.165, 1.54) is 11.2 Å². The Hall–Kier alpha value is -2.79. The number of hydroxylamine groups is 3. The molecule has 2 aliphatic heterocycles. The van der Waals surface area contributed by atoms with Crippen molar-refractivity contribution in [3.8, 4) is 0 Å². The quantitative estimate of drug-likeness (QED) is 0.110. The van der Waals surface area contributed by atoms with Crippen LogP contribution in [0, 0.1) is 0 Å². The van der Waals surface area contributed by atoms with Gasteiger partial charge in [0.15, 0.2) is 6.61 Å². The topological polar surface area (TPSA) is 194 Å². The Bertz CT molecular complexity index is 887. The number of aryl methyl sites for hydroxylation is 1. The van der Waals surface area contributed by atoms with E-state index < -0.39 is 22.5 Å². The fraction of sp³-hybridized carbons (Fsp3) is 0.571. The third-order valence-electron chi connectivity index (χ3n) is 4.04. The van der Waals surface area contributed by atoms with Crippen molar-refractivity contribution < 1.29 is 31.7 Å². The second kappa shape index (κ2) is 10.3. The number of carbonyl (C=O) groups excluding carboxylic acids is 2. The summed E-state index contributed by atoms with van der Waals surface area (Å²) >= 11 is 0. The lowest BCUT2D eigenvalue weighted by molar-refractivity contribution is -0.126. The molecule has 15 nitrogen and oxygen atoms in total. The van der Waals surface area contributed by atoms with E-state index in [2.05, 4.69) is 30.0 Å². The maximum atomic E-state index is 11.9. The normalized spacial score (nSPS) is 17.6.